The molecule has 1 aliphatic carbocycles. The average Bonchev–Trinajstić information content (AvgIpc) is 3.50. The van der Waals surface area contributed by atoms with Crippen molar-refractivity contribution < 1.29 is 9.59 Å². The molecule has 1 saturated carbocycles. The van der Waals surface area contributed by atoms with Crippen molar-refractivity contribution in [1.82, 2.24) is 14.8 Å². The fourth-order valence-electron chi connectivity index (χ4n) is 5.63. The van der Waals surface area contributed by atoms with Gasteiger partial charge in [0, 0.05) is 32.4 Å². The van der Waals surface area contributed by atoms with Gasteiger partial charge in [-0.2, -0.15) is 0 Å². The summed E-state index contributed by atoms with van der Waals surface area (Å²) in [5, 5.41) is 16.5. The molecule has 0 unspecified atom stereocenters. The summed E-state index contributed by atoms with van der Waals surface area (Å²) in [6.07, 6.45) is 1.76. The number of aryl methyl sites for hydroxylation is 2. The van der Waals surface area contributed by atoms with Crippen LogP contribution in [0.4, 0.5) is 11.4 Å². The Kier molecular flexibility index (Phi) is 5.34. The van der Waals surface area contributed by atoms with E-state index in [1.54, 1.807) is 11.3 Å². The van der Waals surface area contributed by atoms with Crippen LogP contribution in [0.1, 0.15) is 64.1 Å². The summed E-state index contributed by atoms with van der Waals surface area (Å²) in [5.74, 6) is 1.24. The van der Waals surface area contributed by atoms with Gasteiger partial charge >= 0.3 is 0 Å². The van der Waals surface area contributed by atoms with E-state index in [-0.39, 0.29) is 18.2 Å². The second kappa shape index (κ2) is 8.59. The van der Waals surface area contributed by atoms with Crippen molar-refractivity contribution in [2.75, 3.05) is 10.6 Å². The average molecular weight is 557 g/mol. The number of aromatic nitrogens is 3. The summed E-state index contributed by atoms with van der Waals surface area (Å²) in [6, 6.07) is 12.7. The molecule has 1 atom stereocenters. The third-order valence-corrected chi connectivity index (χ3v) is 9.43. The summed E-state index contributed by atoms with van der Waals surface area (Å²) >= 11 is 7.87. The topological polar surface area (TPSA) is 101 Å². The van der Waals surface area contributed by atoms with Gasteiger partial charge in [-0.15, -0.1) is 21.5 Å². The van der Waals surface area contributed by atoms with Crippen molar-refractivity contribution in [3.05, 3.63) is 86.3 Å². The molecule has 1 fully saturated rings. The fraction of sp³-hybridized carbons (Fsp3) is 0.276. The van der Waals surface area contributed by atoms with Crippen LogP contribution in [0.5, 0.6) is 0 Å². The van der Waals surface area contributed by atoms with Gasteiger partial charge in [0.1, 0.15) is 16.9 Å². The van der Waals surface area contributed by atoms with E-state index in [2.05, 4.69) is 34.7 Å². The van der Waals surface area contributed by atoms with Gasteiger partial charge in [0.05, 0.1) is 17.5 Å². The molecule has 3 aliphatic rings. The van der Waals surface area contributed by atoms with Gasteiger partial charge in [0.2, 0.25) is 11.8 Å². The maximum absolute atomic E-state index is 13.4. The number of benzene rings is 2. The first kappa shape index (κ1) is 24.2. The van der Waals surface area contributed by atoms with Crippen LogP contribution in [-0.2, 0) is 15.0 Å². The molecule has 4 aromatic rings. The Morgan fingerprint density at radius 2 is 1.92 bits per heavy atom. The van der Waals surface area contributed by atoms with E-state index in [4.69, 9.17) is 16.6 Å². The Bertz CT molecular complexity index is 1730. The van der Waals surface area contributed by atoms with Gasteiger partial charge in [0.15, 0.2) is 5.82 Å². The second-order valence-electron chi connectivity index (χ2n) is 10.5. The van der Waals surface area contributed by atoms with Crippen molar-refractivity contribution >= 4 is 51.8 Å². The Balaban J connectivity index is 1.26. The molecule has 8 nitrogen and oxygen atoms in total. The zero-order valence-electron chi connectivity index (χ0n) is 21.6. The monoisotopic (exact) mass is 556 g/mol. The third kappa shape index (κ3) is 3.75. The molecule has 2 aromatic carbocycles. The van der Waals surface area contributed by atoms with Crippen LogP contribution in [0.15, 0.2) is 47.5 Å². The number of amides is 2. The number of nitrogens with zero attached hydrogens (tertiary/aromatic N) is 4. The molecule has 2 aromatic heterocycles. The molecule has 7 rings (SSSR count). The highest BCUT2D eigenvalue weighted by atomic mass is 35.5. The molecule has 2 N–H and O–H groups in total. The molecular weight excluding hydrogens is 532 g/mol. The highest BCUT2D eigenvalue weighted by molar-refractivity contribution is 7.15. The molecule has 10 heteroatoms. The molecule has 0 bridgehead atoms. The Morgan fingerprint density at radius 3 is 2.67 bits per heavy atom. The Morgan fingerprint density at radius 1 is 1.15 bits per heavy atom. The zero-order chi connectivity index (χ0) is 27.1. The van der Waals surface area contributed by atoms with Crippen LogP contribution in [0.2, 0.25) is 5.02 Å². The summed E-state index contributed by atoms with van der Waals surface area (Å²) in [6.45, 7) is 6.12. The quantitative estimate of drug-likeness (QED) is 0.331. The number of carbonyl (C=O) groups excluding carboxylic acids is 2. The molecule has 196 valence electrons. The van der Waals surface area contributed by atoms with Crippen LogP contribution in [0.25, 0.3) is 5.00 Å². The lowest BCUT2D eigenvalue weighted by atomic mass is 9.97. The second-order valence-corrected chi connectivity index (χ2v) is 12.1. The van der Waals surface area contributed by atoms with Crippen molar-refractivity contribution in [1.29, 1.82) is 0 Å². The predicted octanol–water partition coefficient (Wildman–Crippen LogP) is 5.81. The standard InChI is InChI=1S/C29H25ClN6O2S/c1-14-15(2)39-27-24(14)25(17-4-6-18(30)7-5-17)32-22(26-35-34-16(3)36(26)27)13-23(37)31-19-8-9-21-20(12-19)29(10-11-29)28(38)33-21/h4-9,12,22H,10-11,13H2,1-3H3,(H,31,37)(H,33,38)/t22-/m0/s1. The van der Waals surface area contributed by atoms with Crippen molar-refractivity contribution in [2.24, 2.45) is 4.99 Å². The van der Waals surface area contributed by atoms with E-state index in [0.717, 1.165) is 57.3 Å². The number of nitrogens with one attached hydrogen (secondary N) is 2. The third-order valence-electron chi connectivity index (χ3n) is 7.99. The summed E-state index contributed by atoms with van der Waals surface area (Å²) in [7, 11) is 0. The number of hydrogen-bond donors (Lipinski definition) is 2. The first-order chi connectivity index (χ1) is 18.7. The number of fused-ring (bicyclic) bond motifs is 5. The van der Waals surface area contributed by atoms with E-state index >= 15 is 0 Å². The van der Waals surface area contributed by atoms with Crippen molar-refractivity contribution in [3.63, 3.8) is 0 Å². The van der Waals surface area contributed by atoms with Crippen LogP contribution in [-0.4, -0.2) is 32.3 Å². The van der Waals surface area contributed by atoms with Gasteiger partial charge in [-0.1, -0.05) is 23.7 Å². The Labute approximate surface area is 234 Å². The van der Waals surface area contributed by atoms with E-state index in [1.165, 1.54) is 4.88 Å². The van der Waals surface area contributed by atoms with E-state index < -0.39 is 11.5 Å². The number of hydrogen-bond acceptors (Lipinski definition) is 6. The molecule has 0 saturated heterocycles. The number of halogens is 1. The highest BCUT2D eigenvalue weighted by Crippen LogP contribution is 2.55. The van der Waals surface area contributed by atoms with E-state index in [1.807, 2.05) is 54.0 Å². The largest absolute Gasteiger partial charge is 0.326 e. The predicted molar refractivity (Wildman–Crippen MR) is 153 cm³/mol. The van der Waals surface area contributed by atoms with Gasteiger partial charge in [-0.3, -0.25) is 19.1 Å². The summed E-state index contributed by atoms with van der Waals surface area (Å²) in [4.78, 5) is 32.2. The minimum absolute atomic E-state index is 0.0520. The van der Waals surface area contributed by atoms with E-state index in [9.17, 15) is 9.59 Å². The van der Waals surface area contributed by atoms with E-state index in [0.29, 0.717) is 16.5 Å². The van der Waals surface area contributed by atoms with Crippen LogP contribution >= 0.6 is 22.9 Å². The number of carbonyl (C=O) groups is 2. The minimum Gasteiger partial charge on any atom is -0.326 e. The number of rotatable bonds is 4. The van der Waals surface area contributed by atoms with Gasteiger partial charge in [-0.05, 0) is 75.1 Å². The summed E-state index contributed by atoms with van der Waals surface area (Å²) in [5.41, 5.74) is 5.94. The number of anilines is 2. The molecule has 0 radical (unpaired) electrons. The lowest BCUT2D eigenvalue weighted by Gasteiger charge is -2.14. The molecule has 4 heterocycles. The maximum atomic E-state index is 13.4. The minimum atomic E-state index is -0.552. The van der Waals surface area contributed by atoms with Gasteiger partial charge < -0.3 is 10.6 Å². The number of thiophene rings is 1. The van der Waals surface area contributed by atoms with Gasteiger partial charge in [-0.25, -0.2) is 0 Å². The molecule has 2 aliphatic heterocycles. The Hall–Kier alpha value is -3.82. The van der Waals surface area contributed by atoms with Crippen molar-refractivity contribution in [2.45, 2.75) is 51.5 Å². The number of aliphatic imine (C=N–C) groups is 1. The van der Waals surface area contributed by atoms with Crippen molar-refractivity contribution in [3.8, 4) is 5.00 Å². The molecule has 2 amide bonds. The smallest absolute Gasteiger partial charge is 0.235 e. The highest BCUT2D eigenvalue weighted by Gasteiger charge is 2.56. The SMILES string of the molecule is Cc1sc2c(c1C)C(c1ccc(Cl)cc1)=N[C@@H](CC(=O)Nc1ccc3c(c1)C1(CC1)C(=O)N3)c1nnc(C)n1-2. The molecular formula is C29H25ClN6O2S. The summed E-state index contributed by atoms with van der Waals surface area (Å²) < 4.78 is 2.04. The van der Waals surface area contributed by atoms with Gasteiger partial charge in [0.25, 0.3) is 0 Å². The normalized spacial score (nSPS) is 18.1. The molecule has 1 spiro atoms. The lowest BCUT2D eigenvalue weighted by Crippen LogP contribution is -2.19. The maximum Gasteiger partial charge on any atom is 0.235 e. The zero-order valence-corrected chi connectivity index (χ0v) is 23.2. The molecule has 39 heavy (non-hydrogen) atoms. The lowest BCUT2D eigenvalue weighted by molar-refractivity contribution is -0.118. The first-order valence-electron chi connectivity index (χ1n) is 12.9. The van der Waals surface area contributed by atoms with Crippen LogP contribution in [0.3, 0.4) is 0 Å². The fourth-order valence-corrected chi connectivity index (χ4v) is 6.97. The van der Waals surface area contributed by atoms with Crippen LogP contribution < -0.4 is 10.6 Å². The first-order valence-corrected chi connectivity index (χ1v) is 14.1. The van der Waals surface area contributed by atoms with Crippen LogP contribution in [0, 0.1) is 20.8 Å².